The van der Waals surface area contributed by atoms with Gasteiger partial charge in [-0.15, -0.1) is 5.10 Å². The zero-order valence-electron chi connectivity index (χ0n) is 11.9. The van der Waals surface area contributed by atoms with Crippen molar-refractivity contribution in [2.24, 2.45) is 7.05 Å². The first-order chi connectivity index (χ1) is 10.5. The molecule has 0 aliphatic carbocycles. The van der Waals surface area contributed by atoms with Gasteiger partial charge < -0.3 is 5.32 Å². The van der Waals surface area contributed by atoms with E-state index in [0.29, 0.717) is 30.0 Å². The van der Waals surface area contributed by atoms with Crippen LogP contribution < -0.4 is 9.62 Å². The maximum atomic E-state index is 12.2. The highest BCUT2D eigenvalue weighted by Gasteiger charge is 2.28. The molecule has 1 aromatic carbocycles. The first-order valence-corrected chi connectivity index (χ1v) is 8.35. The minimum absolute atomic E-state index is 0.143. The van der Waals surface area contributed by atoms with E-state index in [2.05, 4.69) is 15.6 Å². The first kappa shape index (κ1) is 14.5. The molecule has 0 bridgehead atoms. The van der Waals surface area contributed by atoms with Crippen molar-refractivity contribution in [1.82, 2.24) is 15.0 Å². The maximum absolute atomic E-state index is 12.2. The van der Waals surface area contributed by atoms with Crippen LogP contribution in [-0.4, -0.2) is 41.6 Å². The average molecular weight is 321 g/mol. The molecule has 2 heterocycles. The maximum Gasteiger partial charge on any atom is 0.256 e. The smallest absolute Gasteiger partial charge is 0.256 e. The normalized spacial score (nSPS) is 16.7. The molecule has 22 heavy (non-hydrogen) atoms. The molecular formula is C13H15N5O3S. The molecule has 1 aliphatic rings. The Kier molecular flexibility index (Phi) is 3.57. The summed E-state index contributed by atoms with van der Waals surface area (Å²) in [5.41, 5.74) is 0.883. The van der Waals surface area contributed by atoms with Crippen LogP contribution in [0.25, 0.3) is 0 Å². The number of nitrogens with one attached hydrogen (secondary N) is 1. The molecule has 1 saturated heterocycles. The number of carbonyl (C=O) groups excluding carboxylic acids is 1. The van der Waals surface area contributed by atoms with Gasteiger partial charge in [0.15, 0.2) is 5.82 Å². The monoisotopic (exact) mass is 321 g/mol. The molecule has 1 fully saturated rings. The standard InChI is InChI=1S/C13H15N5O3S/c1-17-12(9-14-16-17)15-13(19)10-4-2-5-11(8-10)18-6-3-7-22(18,20)21/h2,4-5,8-9H,3,6-7H2,1H3,(H,15,19). The average Bonchev–Trinajstić information content (AvgIpc) is 3.04. The Morgan fingerprint density at radius 1 is 1.36 bits per heavy atom. The Bertz CT molecular complexity index is 815. The van der Waals surface area contributed by atoms with E-state index in [1.54, 1.807) is 31.3 Å². The van der Waals surface area contributed by atoms with Crippen molar-refractivity contribution in [3.05, 3.63) is 36.0 Å². The summed E-state index contributed by atoms with van der Waals surface area (Å²) in [5.74, 6) is 0.262. The van der Waals surface area contributed by atoms with Gasteiger partial charge in [0.1, 0.15) is 0 Å². The Hall–Kier alpha value is -2.42. The summed E-state index contributed by atoms with van der Waals surface area (Å²) in [6.45, 7) is 0.444. The fourth-order valence-electron chi connectivity index (χ4n) is 2.32. The molecule has 2 aromatic rings. The number of nitrogens with zero attached hydrogens (tertiary/aromatic N) is 4. The number of aromatic nitrogens is 3. The number of carbonyl (C=O) groups is 1. The lowest BCUT2D eigenvalue weighted by molar-refractivity contribution is 0.102. The third kappa shape index (κ3) is 2.67. The second-order valence-corrected chi connectivity index (χ2v) is 7.00. The van der Waals surface area contributed by atoms with Crippen LogP contribution in [0.4, 0.5) is 11.5 Å². The van der Waals surface area contributed by atoms with Crippen molar-refractivity contribution < 1.29 is 13.2 Å². The van der Waals surface area contributed by atoms with Crippen LogP contribution in [0.5, 0.6) is 0 Å². The number of rotatable bonds is 3. The highest BCUT2D eigenvalue weighted by Crippen LogP contribution is 2.25. The largest absolute Gasteiger partial charge is 0.305 e. The number of hydrogen-bond acceptors (Lipinski definition) is 5. The molecule has 0 saturated carbocycles. The van der Waals surface area contributed by atoms with Gasteiger partial charge >= 0.3 is 0 Å². The number of anilines is 2. The highest BCUT2D eigenvalue weighted by molar-refractivity contribution is 7.93. The molecule has 0 atom stereocenters. The van der Waals surface area contributed by atoms with E-state index in [9.17, 15) is 13.2 Å². The van der Waals surface area contributed by atoms with Crippen LogP contribution in [-0.2, 0) is 17.1 Å². The molecule has 116 valence electrons. The van der Waals surface area contributed by atoms with E-state index in [-0.39, 0.29) is 11.7 Å². The van der Waals surface area contributed by atoms with Crippen molar-refractivity contribution in [3.63, 3.8) is 0 Å². The zero-order chi connectivity index (χ0) is 15.7. The van der Waals surface area contributed by atoms with Crippen LogP contribution in [0.1, 0.15) is 16.8 Å². The Labute approximate surface area is 127 Å². The molecule has 1 aromatic heterocycles. The summed E-state index contributed by atoms with van der Waals surface area (Å²) in [6, 6.07) is 6.55. The summed E-state index contributed by atoms with van der Waals surface area (Å²) in [6.07, 6.45) is 2.03. The van der Waals surface area contributed by atoms with Crippen LogP contribution in [0.3, 0.4) is 0 Å². The van der Waals surface area contributed by atoms with Crippen molar-refractivity contribution in [3.8, 4) is 0 Å². The minimum Gasteiger partial charge on any atom is -0.305 e. The fraction of sp³-hybridized carbons (Fsp3) is 0.308. The van der Waals surface area contributed by atoms with Gasteiger partial charge in [-0.25, -0.2) is 13.1 Å². The predicted octanol–water partition coefficient (Wildman–Crippen LogP) is 0.607. The predicted molar refractivity (Wildman–Crippen MR) is 81.1 cm³/mol. The van der Waals surface area contributed by atoms with Crippen LogP contribution in [0, 0.1) is 0 Å². The molecule has 1 amide bonds. The lowest BCUT2D eigenvalue weighted by Gasteiger charge is -2.17. The number of benzene rings is 1. The highest BCUT2D eigenvalue weighted by atomic mass is 32.2. The molecule has 8 nitrogen and oxygen atoms in total. The van der Waals surface area contributed by atoms with Gasteiger partial charge in [-0.2, -0.15) is 0 Å². The van der Waals surface area contributed by atoms with Gasteiger partial charge in [0, 0.05) is 19.2 Å². The van der Waals surface area contributed by atoms with E-state index >= 15 is 0 Å². The summed E-state index contributed by atoms with van der Waals surface area (Å²) in [4.78, 5) is 12.2. The molecule has 1 aliphatic heterocycles. The lowest BCUT2D eigenvalue weighted by atomic mass is 10.2. The second kappa shape index (κ2) is 5.41. The molecule has 9 heteroatoms. The van der Waals surface area contributed by atoms with Gasteiger partial charge in [-0.1, -0.05) is 11.3 Å². The quantitative estimate of drug-likeness (QED) is 0.893. The van der Waals surface area contributed by atoms with Gasteiger partial charge in [0.05, 0.1) is 17.6 Å². The van der Waals surface area contributed by atoms with E-state index in [1.165, 1.54) is 15.2 Å². The van der Waals surface area contributed by atoms with Crippen molar-refractivity contribution in [2.45, 2.75) is 6.42 Å². The number of aryl methyl sites for hydroxylation is 1. The molecule has 0 unspecified atom stereocenters. The Morgan fingerprint density at radius 3 is 2.82 bits per heavy atom. The molecule has 1 N–H and O–H groups in total. The van der Waals surface area contributed by atoms with Gasteiger partial charge in [0.25, 0.3) is 5.91 Å². The number of amides is 1. The third-order valence-electron chi connectivity index (χ3n) is 3.45. The topological polar surface area (TPSA) is 97.2 Å². The summed E-state index contributed by atoms with van der Waals surface area (Å²) < 4.78 is 26.7. The molecular weight excluding hydrogens is 306 g/mol. The molecule has 0 radical (unpaired) electrons. The van der Waals surface area contributed by atoms with Gasteiger partial charge in [-0.05, 0) is 24.6 Å². The van der Waals surface area contributed by atoms with E-state index in [4.69, 9.17) is 0 Å². The first-order valence-electron chi connectivity index (χ1n) is 6.74. The van der Waals surface area contributed by atoms with E-state index in [0.717, 1.165) is 0 Å². The summed E-state index contributed by atoms with van der Waals surface area (Å²) in [5, 5.41) is 10.1. The number of sulfonamides is 1. The lowest BCUT2D eigenvalue weighted by Crippen LogP contribution is -2.25. The number of hydrogen-bond donors (Lipinski definition) is 1. The fourth-order valence-corrected chi connectivity index (χ4v) is 3.88. The molecule has 3 rings (SSSR count). The Balaban J connectivity index is 1.85. The Morgan fingerprint density at radius 2 is 2.18 bits per heavy atom. The second-order valence-electron chi connectivity index (χ2n) is 4.99. The van der Waals surface area contributed by atoms with Crippen molar-refractivity contribution >= 4 is 27.4 Å². The van der Waals surface area contributed by atoms with Gasteiger partial charge in [0.2, 0.25) is 10.0 Å². The van der Waals surface area contributed by atoms with Crippen LogP contribution >= 0.6 is 0 Å². The summed E-state index contributed by atoms with van der Waals surface area (Å²) in [7, 11) is -1.60. The zero-order valence-corrected chi connectivity index (χ0v) is 12.7. The van der Waals surface area contributed by atoms with E-state index < -0.39 is 10.0 Å². The van der Waals surface area contributed by atoms with Crippen LogP contribution in [0.15, 0.2) is 30.5 Å². The SMILES string of the molecule is Cn1nncc1NC(=O)c1cccc(N2CCCS2(=O)=O)c1. The molecule has 0 spiro atoms. The van der Waals surface area contributed by atoms with Crippen molar-refractivity contribution in [1.29, 1.82) is 0 Å². The summed E-state index contributed by atoms with van der Waals surface area (Å²) >= 11 is 0. The van der Waals surface area contributed by atoms with Crippen molar-refractivity contribution in [2.75, 3.05) is 21.9 Å². The van der Waals surface area contributed by atoms with Crippen LogP contribution in [0.2, 0.25) is 0 Å². The third-order valence-corrected chi connectivity index (χ3v) is 5.32. The minimum atomic E-state index is -3.26. The van der Waals surface area contributed by atoms with E-state index in [1.807, 2.05) is 0 Å². The van der Waals surface area contributed by atoms with Gasteiger partial charge in [-0.3, -0.25) is 9.10 Å².